The molecule has 0 saturated heterocycles. The Labute approximate surface area is 139 Å². The maximum atomic E-state index is 12.6. The van der Waals surface area contributed by atoms with Gasteiger partial charge in [0.2, 0.25) is 11.8 Å². The third kappa shape index (κ3) is 4.81. The van der Waals surface area contributed by atoms with Crippen LogP contribution in [0, 0.1) is 5.92 Å². The summed E-state index contributed by atoms with van der Waals surface area (Å²) in [6.07, 6.45) is 3.41. The molecular formula is C19H28N2O2. The normalized spacial score (nSPS) is 13.8. The Balaban J connectivity index is 1.95. The van der Waals surface area contributed by atoms with Crippen LogP contribution in [-0.4, -0.2) is 36.3 Å². The lowest BCUT2D eigenvalue weighted by atomic mass is 10.0. The van der Waals surface area contributed by atoms with Crippen LogP contribution in [0.2, 0.25) is 0 Å². The van der Waals surface area contributed by atoms with Crippen LogP contribution in [0.4, 0.5) is 5.69 Å². The standard InChI is InChI=1S/C19H28N2O2/c1-15(2)10-13-20(16(3)22)14-11-19(23)21-12-6-8-17-7-4-5-9-18(17)21/h4-5,7,9,15H,6,8,10-14H2,1-3H3. The molecule has 0 radical (unpaired) electrons. The van der Waals surface area contributed by atoms with Crippen LogP contribution in [0.15, 0.2) is 24.3 Å². The quantitative estimate of drug-likeness (QED) is 0.808. The predicted octanol–water partition coefficient (Wildman–Crippen LogP) is 3.25. The number of rotatable bonds is 6. The van der Waals surface area contributed by atoms with Crippen LogP contribution in [0.3, 0.4) is 0 Å². The Kier molecular flexibility index (Phi) is 6.20. The van der Waals surface area contributed by atoms with E-state index in [4.69, 9.17) is 0 Å². The average Bonchev–Trinajstić information content (AvgIpc) is 2.53. The summed E-state index contributed by atoms with van der Waals surface area (Å²) in [7, 11) is 0. The van der Waals surface area contributed by atoms with Gasteiger partial charge in [0.25, 0.3) is 0 Å². The summed E-state index contributed by atoms with van der Waals surface area (Å²) in [4.78, 5) is 28.0. The molecule has 4 heteroatoms. The lowest BCUT2D eigenvalue weighted by molar-refractivity contribution is -0.129. The van der Waals surface area contributed by atoms with Gasteiger partial charge in [-0.05, 0) is 36.8 Å². The van der Waals surface area contributed by atoms with E-state index in [2.05, 4.69) is 19.9 Å². The van der Waals surface area contributed by atoms with Crippen molar-refractivity contribution in [2.45, 2.75) is 46.5 Å². The zero-order valence-electron chi connectivity index (χ0n) is 14.5. The van der Waals surface area contributed by atoms with E-state index in [0.29, 0.717) is 18.9 Å². The second kappa shape index (κ2) is 8.14. The van der Waals surface area contributed by atoms with Gasteiger partial charge in [0.1, 0.15) is 0 Å². The largest absolute Gasteiger partial charge is 0.342 e. The molecule has 1 aromatic rings. The third-order valence-corrected chi connectivity index (χ3v) is 4.43. The van der Waals surface area contributed by atoms with Crippen LogP contribution in [0.25, 0.3) is 0 Å². The lowest BCUT2D eigenvalue weighted by Gasteiger charge is -2.30. The maximum Gasteiger partial charge on any atom is 0.228 e. The first-order valence-electron chi connectivity index (χ1n) is 8.63. The van der Waals surface area contributed by atoms with Crippen molar-refractivity contribution in [3.63, 3.8) is 0 Å². The molecule has 0 unspecified atom stereocenters. The SMILES string of the molecule is CC(=O)N(CCC(=O)N1CCCc2ccccc21)CCC(C)C. The van der Waals surface area contributed by atoms with Crippen molar-refractivity contribution < 1.29 is 9.59 Å². The minimum absolute atomic E-state index is 0.0532. The number of hydrogen-bond acceptors (Lipinski definition) is 2. The molecule has 0 aromatic heterocycles. The summed E-state index contributed by atoms with van der Waals surface area (Å²) in [6.45, 7) is 7.90. The molecule has 23 heavy (non-hydrogen) atoms. The second-order valence-electron chi connectivity index (χ2n) is 6.72. The molecule has 0 bridgehead atoms. The van der Waals surface area contributed by atoms with Gasteiger partial charge in [-0.3, -0.25) is 9.59 Å². The van der Waals surface area contributed by atoms with E-state index >= 15 is 0 Å². The molecule has 1 aliphatic rings. The molecule has 0 N–H and O–H groups in total. The molecule has 0 fully saturated rings. The highest BCUT2D eigenvalue weighted by Gasteiger charge is 2.22. The first-order chi connectivity index (χ1) is 11.0. The molecule has 2 rings (SSSR count). The number of para-hydroxylation sites is 1. The summed E-state index contributed by atoms with van der Waals surface area (Å²) in [6, 6.07) is 8.12. The highest BCUT2D eigenvalue weighted by Crippen LogP contribution is 2.27. The van der Waals surface area contributed by atoms with Crippen LogP contribution < -0.4 is 4.90 Å². The Bertz CT molecular complexity index is 554. The topological polar surface area (TPSA) is 40.6 Å². The Hall–Kier alpha value is -1.84. The molecule has 1 aliphatic heterocycles. The predicted molar refractivity (Wildman–Crippen MR) is 93.4 cm³/mol. The number of amides is 2. The minimum atomic E-state index is 0.0532. The summed E-state index contributed by atoms with van der Waals surface area (Å²) >= 11 is 0. The van der Waals surface area contributed by atoms with Crippen molar-refractivity contribution >= 4 is 17.5 Å². The highest BCUT2D eigenvalue weighted by atomic mass is 16.2. The first-order valence-corrected chi connectivity index (χ1v) is 8.63. The van der Waals surface area contributed by atoms with Crippen LogP contribution in [-0.2, 0) is 16.0 Å². The van der Waals surface area contributed by atoms with Gasteiger partial charge in [0.15, 0.2) is 0 Å². The van der Waals surface area contributed by atoms with Gasteiger partial charge in [-0.2, -0.15) is 0 Å². The van der Waals surface area contributed by atoms with E-state index in [-0.39, 0.29) is 11.8 Å². The first kappa shape index (κ1) is 17.5. The molecule has 0 aliphatic carbocycles. The van der Waals surface area contributed by atoms with Crippen molar-refractivity contribution in [2.24, 2.45) is 5.92 Å². The van der Waals surface area contributed by atoms with Crippen molar-refractivity contribution in [1.29, 1.82) is 0 Å². The molecular weight excluding hydrogens is 288 g/mol. The number of anilines is 1. The number of carbonyl (C=O) groups excluding carboxylic acids is 2. The molecule has 1 heterocycles. The van der Waals surface area contributed by atoms with E-state index in [1.165, 1.54) is 5.56 Å². The second-order valence-corrected chi connectivity index (χ2v) is 6.72. The number of benzene rings is 1. The monoisotopic (exact) mass is 316 g/mol. The Morgan fingerprint density at radius 3 is 2.65 bits per heavy atom. The smallest absolute Gasteiger partial charge is 0.228 e. The molecule has 0 spiro atoms. The van der Waals surface area contributed by atoms with Crippen molar-refractivity contribution in [1.82, 2.24) is 4.90 Å². The molecule has 126 valence electrons. The van der Waals surface area contributed by atoms with Gasteiger partial charge < -0.3 is 9.80 Å². The molecule has 2 amide bonds. The Morgan fingerprint density at radius 2 is 1.96 bits per heavy atom. The summed E-state index contributed by atoms with van der Waals surface area (Å²) < 4.78 is 0. The minimum Gasteiger partial charge on any atom is -0.342 e. The van der Waals surface area contributed by atoms with Crippen molar-refractivity contribution in [2.75, 3.05) is 24.5 Å². The summed E-state index contributed by atoms with van der Waals surface area (Å²) in [5.74, 6) is 0.729. The van der Waals surface area contributed by atoms with Gasteiger partial charge in [-0.15, -0.1) is 0 Å². The zero-order valence-corrected chi connectivity index (χ0v) is 14.5. The summed E-state index contributed by atoms with van der Waals surface area (Å²) in [5, 5.41) is 0. The van der Waals surface area contributed by atoms with Crippen LogP contribution in [0.5, 0.6) is 0 Å². The molecule has 4 nitrogen and oxygen atoms in total. The number of hydrogen-bond donors (Lipinski definition) is 0. The number of nitrogens with zero attached hydrogens (tertiary/aromatic N) is 2. The van der Waals surface area contributed by atoms with E-state index in [9.17, 15) is 9.59 Å². The maximum absolute atomic E-state index is 12.6. The molecule has 1 aromatic carbocycles. The van der Waals surface area contributed by atoms with Crippen LogP contribution in [0.1, 0.15) is 45.6 Å². The number of fused-ring (bicyclic) bond motifs is 1. The third-order valence-electron chi connectivity index (χ3n) is 4.43. The van der Waals surface area contributed by atoms with Crippen molar-refractivity contribution in [3.05, 3.63) is 29.8 Å². The fraction of sp³-hybridized carbons (Fsp3) is 0.579. The van der Waals surface area contributed by atoms with Crippen LogP contribution >= 0.6 is 0 Å². The summed E-state index contributed by atoms with van der Waals surface area (Å²) in [5.41, 5.74) is 2.29. The Morgan fingerprint density at radius 1 is 1.22 bits per heavy atom. The van der Waals surface area contributed by atoms with E-state index in [1.807, 2.05) is 23.1 Å². The highest BCUT2D eigenvalue weighted by molar-refractivity contribution is 5.94. The van der Waals surface area contributed by atoms with E-state index in [0.717, 1.165) is 38.0 Å². The molecule has 0 atom stereocenters. The van der Waals surface area contributed by atoms with Gasteiger partial charge >= 0.3 is 0 Å². The fourth-order valence-electron chi connectivity index (χ4n) is 3.00. The van der Waals surface area contributed by atoms with Gasteiger partial charge in [-0.25, -0.2) is 0 Å². The van der Waals surface area contributed by atoms with Gasteiger partial charge in [0.05, 0.1) is 0 Å². The van der Waals surface area contributed by atoms with Gasteiger partial charge in [-0.1, -0.05) is 32.0 Å². The fourth-order valence-corrected chi connectivity index (χ4v) is 3.00. The van der Waals surface area contributed by atoms with E-state index in [1.54, 1.807) is 11.8 Å². The number of carbonyl (C=O) groups is 2. The van der Waals surface area contributed by atoms with Crippen molar-refractivity contribution in [3.8, 4) is 0 Å². The lowest BCUT2D eigenvalue weighted by Crippen LogP contribution is -2.39. The van der Waals surface area contributed by atoms with E-state index < -0.39 is 0 Å². The number of aryl methyl sites for hydroxylation is 1. The molecule has 0 saturated carbocycles. The average molecular weight is 316 g/mol. The van der Waals surface area contributed by atoms with Gasteiger partial charge in [0, 0.05) is 38.7 Å². The zero-order chi connectivity index (χ0) is 16.8.